The van der Waals surface area contributed by atoms with Gasteiger partial charge in [-0.2, -0.15) is 0 Å². The Labute approximate surface area is 147 Å². The predicted octanol–water partition coefficient (Wildman–Crippen LogP) is 6.48. The number of hydrogen-bond donors (Lipinski definition) is 2. The molecule has 0 atom stereocenters. The molecule has 1 aliphatic rings. The second-order valence-corrected chi connectivity index (χ2v) is 7.67. The molecule has 0 spiro atoms. The van der Waals surface area contributed by atoms with Crippen molar-refractivity contribution in [3.63, 3.8) is 0 Å². The molecule has 0 unspecified atom stereocenters. The summed E-state index contributed by atoms with van der Waals surface area (Å²) < 4.78 is 0. The maximum Gasteiger partial charge on any atom is 0.133 e. The number of phenols is 1. The van der Waals surface area contributed by atoms with Gasteiger partial charge >= 0.3 is 0 Å². The zero-order valence-electron chi connectivity index (χ0n) is 12.6. The first kappa shape index (κ1) is 14.0. The summed E-state index contributed by atoms with van der Waals surface area (Å²) in [5.41, 5.74) is 3.11. The summed E-state index contributed by atoms with van der Waals surface area (Å²) >= 11 is 3.37. The third kappa shape index (κ3) is 1.97. The highest BCUT2D eigenvalue weighted by molar-refractivity contribution is 8.00. The summed E-state index contributed by atoms with van der Waals surface area (Å²) in [7, 11) is 0. The number of para-hydroxylation sites is 1. The highest BCUT2D eigenvalue weighted by atomic mass is 32.2. The lowest BCUT2D eigenvalue weighted by Crippen LogP contribution is -2.02. The van der Waals surface area contributed by atoms with Gasteiger partial charge in [0.25, 0.3) is 0 Å². The van der Waals surface area contributed by atoms with Crippen molar-refractivity contribution in [2.24, 2.45) is 0 Å². The van der Waals surface area contributed by atoms with E-state index in [-0.39, 0.29) is 0 Å². The van der Waals surface area contributed by atoms with Crippen LogP contribution in [-0.2, 0) is 0 Å². The Kier molecular flexibility index (Phi) is 3.08. The van der Waals surface area contributed by atoms with Crippen LogP contribution in [-0.4, -0.2) is 5.11 Å². The van der Waals surface area contributed by atoms with Gasteiger partial charge < -0.3 is 10.4 Å². The van der Waals surface area contributed by atoms with Crippen LogP contribution in [0.4, 0.5) is 11.4 Å². The Morgan fingerprint density at radius 2 is 1.62 bits per heavy atom. The number of hydrogen-bond acceptors (Lipinski definition) is 4. The van der Waals surface area contributed by atoms with E-state index in [4.69, 9.17) is 0 Å². The average Bonchev–Trinajstić information content (AvgIpc) is 3.15. The smallest absolute Gasteiger partial charge is 0.133 e. The normalized spacial score (nSPS) is 12.5. The predicted molar refractivity (Wildman–Crippen MR) is 103 cm³/mol. The van der Waals surface area contributed by atoms with Crippen LogP contribution in [0.1, 0.15) is 0 Å². The lowest BCUT2D eigenvalue weighted by molar-refractivity contribution is 0.482. The van der Waals surface area contributed by atoms with Crippen molar-refractivity contribution in [1.82, 2.24) is 0 Å². The Bertz CT molecular complexity index is 1070. The molecule has 2 heterocycles. The van der Waals surface area contributed by atoms with E-state index in [1.54, 1.807) is 23.1 Å². The van der Waals surface area contributed by atoms with Crippen LogP contribution in [0.2, 0.25) is 0 Å². The highest BCUT2D eigenvalue weighted by Gasteiger charge is 2.25. The molecule has 0 radical (unpaired) electrons. The lowest BCUT2D eigenvalue weighted by Gasteiger charge is -2.25. The molecular weight excluding hydrogens is 334 g/mol. The van der Waals surface area contributed by atoms with Gasteiger partial charge in [0.15, 0.2) is 0 Å². The summed E-state index contributed by atoms with van der Waals surface area (Å²) in [5.74, 6) is 0.362. The van der Waals surface area contributed by atoms with Crippen LogP contribution in [0.15, 0.2) is 75.8 Å². The van der Waals surface area contributed by atoms with Gasteiger partial charge in [0.05, 0.1) is 16.9 Å². The van der Waals surface area contributed by atoms with Crippen molar-refractivity contribution in [3.8, 4) is 16.2 Å². The number of anilines is 2. The van der Waals surface area contributed by atoms with E-state index in [2.05, 4.69) is 29.6 Å². The van der Waals surface area contributed by atoms with Crippen LogP contribution in [0.25, 0.3) is 21.2 Å². The molecule has 4 aromatic rings. The minimum absolute atomic E-state index is 0.362. The minimum Gasteiger partial charge on any atom is -0.507 e. The molecule has 0 amide bonds. The molecule has 3 aromatic carbocycles. The van der Waals surface area contributed by atoms with Crippen molar-refractivity contribution < 1.29 is 5.11 Å². The lowest BCUT2D eigenvalue weighted by atomic mass is 10.0. The first-order valence-corrected chi connectivity index (χ1v) is 9.38. The van der Waals surface area contributed by atoms with Gasteiger partial charge in [-0.1, -0.05) is 54.2 Å². The first-order chi connectivity index (χ1) is 11.8. The Hall–Kier alpha value is -2.43. The molecule has 2 N–H and O–H groups in total. The Balaban J connectivity index is 1.89. The molecule has 116 valence electrons. The number of thiophene rings is 1. The van der Waals surface area contributed by atoms with Gasteiger partial charge in [-0.05, 0) is 23.6 Å². The van der Waals surface area contributed by atoms with E-state index in [9.17, 15) is 5.11 Å². The second kappa shape index (κ2) is 5.30. The van der Waals surface area contributed by atoms with Crippen LogP contribution >= 0.6 is 23.1 Å². The van der Waals surface area contributed by atoms with Crippen LogP contribution in [0, 0.1) is 0 Å². The van der Waals surface area contributed by atoms with E-state index in [0.717, 1.165) is 37.5 Å². The summed E-state index contributed by atoms with van der Waals surface area (Å²) in [6.45, 7) is 0. The van der Waals surface area contributed by atoms with Gasteiger partial charge in [0.1, 0.15) is 5.75 Å². The molecular formula is C20H13NOS2. The van der Waals surface area contributed by atoms with Crippen molar-refractivity contribution in [2.75, 3.05) is 5.32 Å². The molecule has 1 aliphatic heterocycles. The summed E-state index contributed by atoms with van der Waals surface area (Å²) in [6.07, 6.45) is 0. The van der Waals surface area contributed by atoms with Crippen molar-refractivity contribution in [3.05, 3.63) is 66.0 Å². The fraction of sp³-hybridized carbons (Fsp3) is 0. The van der Waals surface area contributed by atoms with Gasteiger partial charge in [-0.15, -0.1) is 11.3 Å². The minimum atomic E-state index is 0.362. The zero-order chi connectivity index (χ0) is 16.1. The van der Waals surface area contributed by atoms with Crippen molar-refractivity contribution >= 4 is 45.2 Å². The topological polar surface area (TPSA) is 32.3 Å². The van der Waals surface area contributed by atoms with E-state index in [1.807, 2.05) is 41.8 Å². The first-order valence-electron chi connectivity index (χ1n) is 7.68. The van der Waals surface area contributed by atoms with Crippen LogP contribution in [0.5, 0.6) is 5.75 Å². The maximum absolute atomic E-state index is 11.0. The summed E-state index contributed by atoms with van der Waals surface area (Å²) in [4.78, 5) is 3.35. The number of aromatic hydroxyl groups is 1. The highest BCUT2D eigenvalue weighted by Crippen LogP contribution is 2.55. The molecule has 0 aliphatic carbocycles. The number of fused-ring (bicyclic) bond motifs is 4. The summed E-state index contributed by atoms with van der Waals surface area (Å²) in [6, 6.07) is 20.4. The standard InChI is InChI=1S/C20H13NOS2/c22-19-13-7-2-1-6-12(13)18-20(17(19)16-10-5-11-23-16)24-15-9-4-3-8-14(15)21-18/h1-11,21-22H. The third-order valence-electron chi connectivity index (χ3n) is 4.27. The van der Waals surface area contributed by atoms with Crippen LogP contribution in [0.3, 0.4) is 0 Å². The Morgan fingerprint density at radius 1 is 0.833 bits per heavy atom. The molecule has 5 rings (SSSR count). The quantitative estimate of drug-likeness (QED) is 0.340. The van der Waals surface area contributed by atoms with Gasteiger partial charge in [0, 0.05) is 25.4 Å². The second-order valence-electron chi connectivity index (χ2n) is 5.67. The van der Waals surface area contributed by atoms with Gasteiger partial charge in [-0.3, -0.25) is 0 Å². The third-order valence-corrected chi connectivity index (χ3v) is 6.34. The molecule has 4 heteroatoms. The molecule has 24 heavy (non-hydrogen) atoms. The molecule has 1 aromatic heterocycles. The van der Waals surface area contributed by atoms with E-state index in [0.29, 0.717) is 5.75 Å². The molecule has 0 saturated carbocycles. The summed E-state index contributed by atoms with van der Waals surface area (Å²) in [5, 5.41) is 18.6. The molecule has 0 bridgehead atoms. The van der Waals surface area contributed by atoms with Crippen molar-refractivity contribution in [1.29, 1.82) is 0 Å². The van der Waals surface area contributed by atoms with Crippen LogP contribution < -0.4 is 5.32 Å². The average molecular weight is 347 g/mol. The number of phenolic OH excluding ortho intramolecular Hbond substituents is 1. The Morgan fingerprint density at radius 3 is 2.46 bits per heavy atom. The number of benzene rings is 3. The van der Waals surface area contributed by atoms with Gasteiger partial charge in [-0.25, -0.2) is 0 Å². The van der Waals surface area contributed by atoms with E-state index < -0.39 is 0 Å². The van der Waals surface area contributed by atoms with Gasteiger partial charge in [0.2, 0.25) is 0 Å². The number of rotatable bonds is 1. The monoisotopic (exact) mass is 347 g/mol. The van der Waals surface area contributed by atoms with Crippen molar-refractivity contribution in [2.45, 2.75) is 9.79 Å². The molecule has 2 nitrogen and oxygen atoms in total. The van der Waals surface area contributed by atoms with E-state index in [1.165, 1.54) is 4.90 Å². The largest absolute Gasteiger partial charge is 0.507 e. The molecule has 0 saturated heterocycles. The SMILES string of the molecule is Oc1c(-c2cccs2)c2c(c3ccccc13)Nc1ccccc1S2. The maximum atomic E-state index is 11.0. The molecule has 0 fully saturated rings. The fourth-order valence-corrected chi connectivity index (χ4v) is 5.19. The zero-order valence-corrected chi connectivity index (χ0v) is 14.2. The van der Waals surface area contributed by atoms with E-state index >= 15 is 0 Å². The number of nitrogens with one attached hydrogen (secondary N) is 1. The fourth-order valence-electron chi connectivity index (χ4n) is 3.18.